The molecular formula is C18H20N2O3. The predicted octanol–water partition coefficient (Wildman–Crippen LogP) is 1.44. The van der Waals surface area contributed by atoms with E-state index in [2.05, 4.69) is 5.32 Å². The van der Waals surface area contributed by atoms with Gasteiger partial charge in [-0.3, -0.25) is 19.3 Å². The average molecular weight is 312 g/mol. The normalized spacial score (nSPS) is 23.6. The Morgan fingerprint density at radius 1 is 1.09 bits per heavy atom. The zero-order chi connectivity index (χ0) is 16.2. The highest BCUT2D eigenvalue weighted by molar-refractivity contribution is 6.13. The fourth-order valence-electron chi connectivity index (χ4n) is 3.40. The molecule has 0 bridgehead atoms. The molecule has 5 heteroatoms. The summed E-state index contributed by atoms with van der Waals surface area (Å²) in [6.45, 7) is 0.562. The smallest absolute Gasteiger partial charge is 0.253 e. The molecule has 0 radical (unpaired) electrons. The molecule has 23 heavy (non-hydrogen) atoms. The minimum atomic E-state index is -0.304. The van der Waals surface area contributed by atoms with Gasteiger partial charge in [0.15, 0.2) is 0 Å². The quantitative estimate of drug-likeness (QED) is 0.837. The number of carbonyl (C=O) groups is 3. The van der Waals surface area contributed by atoms with Crippen molar-refractivity contribution in [2.75, 3.05) is 6.54 Å². The van der Waals surface area contributed by atoms with Gasteiger partial charge in [-0.1, -0.05) is 36.8 Å². The van der Waals surface area contributed by atoms with Gasteiger partial charge in [0.25, 0.3) is 11.8 Å². The van der Waals surface area contributed by atoms with Crippen LogP contribution < -0.4 is 5.32 Å². The van der Waals surface area contributed by atoms with E-state index in [1.54, 1.807) is 0 Å². The highest BCUT2D eigenvalue weighted by Crippen LogP contribution is 2.31. The molecule has 2 atom stereocenters. The molecule has 1 aliphatic carbocycles. The molecule has 1 aromatic rings. The fourth-order valence-corrected chi connectivity index (χ4v) is 3.40. The molecule has 120 valence electrons. The molecule has 2 aliphatic rings. The van der Waals surface area contributed by atoms with E-state index in [9.17, 15) is 14.4 Å². The minimum Gasteiger partial charge on any atom is -0.355 e. The molecule has 1 fully saturated rings. The van der Waals surface area contributed by atoms with E-state index in [0.717, 1.165) is 19.3 Å². The largest absolute Gasteiger partial charge is 0.355 e. The second-order valence-electron chi connectivity index (χ2n) is 6.01. The van der Waals surface area contributed by atoms with Gasteiger partial charge < -0.3 is 5.32 Å². The molecule has 1 N–H and O–H groups in total. The Bertz CT molecular complexity index is 621. The molecule has 0 spiro atoms. The van der Waals surface area contributed by atoms with Crippen LogP contribution in [0.15, 0.2) is 42.5 Å². The van der Waals surface area contributed by atoms with Crippen LogP contribution in [0.2, 0.25) is 0 Å². The zero-order valence-electron chi connectivity index (χ0n) is 12.9. The first kappa shape index (κ1) is 15.5. The molecular weight excluding hydrogens is 292 g/mol. The van der Waals surface area contributed by atoms with Crippen LogP contribution in [0, 0.1) is 5.92 Å². The van der Waals surface area contributed by atoms with Crippen LogP contribution >= 0.6 is 0 Å². The van der Waals surface area contributed by atoms with Crippen molar-refractivity contribution < 1.29 is 14.4 Å². The van der Waals surface area contributed by atoms with E-state index in [0.29, 0.717) is 13.0 Å². The van der Waals surface area contributed by atoms with Crippen LogP contribution in [-0.2, 0) is 20.8 Å². The summed E-state index contributed by atoms with van der Waals surface area (Å²) < 4.78 is 0. The fraction of sp³-hybridized carbons (Fsp3) is 0.389. The van der Waals surface area contributed by atoms with Crippen molar-refractivity contribution in [2.45, 2.75) is 31.7 Å². The molecule has 5 nitrogen and oxygen atoms in total. The Kier molecular flexibility index (Phi) is 4.55. The van der Waals surface area contributed by atoms with Crippen LogP contribution in [0.4, 0.5) is 0 Å². The number of rotatable bonds is 5. The Balaban J connectivity index is 1.56. The van der Waals surface area contributed by atoms with Gasteiger partial charge >= 0.3 is 0 Å². The summed E-state index contributed by atoms with van der Waals surface area (Å²) in [6, 6.07) is 9.66. The van der Waals surface area contributed by atoms with Crippen molar-refractivity contribution in [3.8, 4) is 0 Å². The van der Waals surface area contributed by atoms with Gasteiger partial charge in [0.2, 0.25) is 5.91 Å². The van der Waals surface area contributed by atoms with E-state index in [1.165, 1.54) is 22.6 Å². The summed E-state index contributed by atoms with van der Waals surface area (Å²) in [5.41, 5.74) is 1.17. The van der Waals surface area contributed by atoms with Crippen molar-refractivity contribution in [2.24, 2.45) is 5.92 Å². The number of imide groups is 1. The summed E-state index contributed by atoms with van der Waals surface area (Å²) in [5, 5.41) is 2.95. The molecule has 1 heterocycles. The topological polar surface area (TPSA) is 66.5 Å². The molecule has 3 amide bonds. The first-order valence-electron chi connectivity index (χ1n) is 8.03. The monoisotopic (exact) mass is 312 g/mol. The van der Waals surface area contributed by atoms with Crippen LogP contribution in [-0.4, -0.2) is 35.2 Å². The van der Waals surface area contributed by atoms with Gasteiger partial charge in [-0.05, 0) is 24.8 Å². The number of amides is 3. The number of nitrogens with one attached hydrogen (secondary N) is 1. The SMILES string of the molecule is O=C(NCCc1ccccc1)[C@H]1CCC[C@@H]1N1C(=O)C=CC1=O. The van der Waals surface area contributed by atoms with Crippen LogP contribution in [0.1, 0.15) is 24.8 Å². The lowest BCUT2D eigenvalue weighted by Crippen LogP contribution is -2.47. The summed E-state index contributed by atoms with van der Waals surface area (Å²) in [6.07, 6.45) is 5.62. The lowest BCUT2D eigenvalue weighted by atomic mass is 10.0. The van der Waals surface area contributed by atoms with E-state index < -0.39 is 0 Å². The molecule has 0 unspecified atom stereocenters. The zero-order valence-corrected chi connectivity index (χ0v) is 12.9. The maximum absolute atomic E-state index is 12.4. The number of nitrogens with zero attached hydrogens (tertiary/aromatic N) is 1. The van der Waals surface area contributed by atoms with Crippen molar-refractivity contribution in [1.82, 2.24) is 10.2 Å². The maximum atomic E-state index is 12.4. The van der Waals surface area contributed by atoms with E-state index in [1.807, 2.05) is 30.3 Å². The first-order chi connectivity index (χ1) is 11.2. The Morgan fingerprint density at radius 3 is 2.48 bits per heavy atom. The molecule has 1 aliphatic heterocycles. The number of carbonyl (C=O) groups excluding carboxylic acids is 3. The Morgan fingerprint density at radius 2 is 1.78 bits per heavy atom. The van der Waals surface area contributed by atoms with E-state index in [4.69, 9.17) is 0 Å². The molecule has 1 aromatic carbocycles. The van der Waals surface area contributed by atoms with Gasteiger partial charge in [-0.2, -0.15) is 0 Å². The second kappa shape index (κ2) is 6.77. The molecule has 0 aromatic heterocycles. The highest BCUT2D eigenvalue weighted by atomic mass is 16.2. The summed E-state index contributed by atoms with van der Waals surface area (Å²) in [4.78, 5) is 37.3. The highest BCUT2D eigenvalue weighted by Gasteiger charge is 2.42. The standard InChI is InChI=1S/C18H20N2O3/c21-16-9-10-17(22)20(16)15-8-4-7-14(15)18(23)19-12-11-13-5-2-1-3-6-13/h1-3,5-6,9-10,14-15H,4,7-8,11-12H2,(H,19,23)/t14-,15-/m0/s1. The molecule has 1 saturated carbocycles. The predicted molar refractivity (Wildman–Crippen MR) is 85.3 cm³/mol. The summed E-state index contributed by atoms with van der Waals surface area (Å²) >= 11 is 0. The lowest BCUT2D eigenvalue weighted by molar-refractivity contribution is -0.141. The third kappa shape index (κ3) is 3.33. The first-order valence-corrected chi connectivity index (χ1v) is 8.03. The second-order valence-corrected chi connectivity index (χ2v) is 6.01. The van der Waals surface area contributed by atoms with E-state index in [-0.39, 0.29) is 29.7 Å². The lowest BCUT2D eigenvalue weighted by Gasteiger charge is -2.27. The van der Waals surface area contributed by atoms with Gasteiger partial charge in [0.05, 0.1) is 12.0 Å². The minimum absolute atomic E-state index is 0.0593. The van der Waals surface area contributed by atoms with Crippen LogP contribution in [0.5, 0.6) is 0 Å². The third-order valence-corrected chi connectivity index (χ3v) is 4.55. The van der Waals surface area contributed by atoms with Gasteiger partial charge in [0, 0.05) is 18.7 Å². The maximum Gasteiger partial charge on any atom is 0.253 e. The molecule has 0 saturated heterocycles. The van der Waals surface area contributed by atoms with Crippen molar-refractivity contribution >= 4 is 17.7 Å². The Hall–Kier alpha value is -2.43. The average Bonchev–Trinajstić information content (AvgIpc) is 3.15. The third-order valence-electron chi connectivity index (χ3n) is 4.55. The Labute approximate surface area is 135 Å². The van der Waals surface area contributed by atoms with E-state index >= 15 is 0 Å². The van der Waals surface area contributed by atoms with Crippen LogP contribution in [0.3, 0.4) is 0 Å². The molecule has 3 rings (SSSR count). The van der Waals surface area contributed by atoms with Gasteiger partial charge in [-0.25, -0.2) is 0 Å². The number of hydrogen-bond acceptors (Lipinski definition) is 3. The van der Waals surface area contributed by atoms with Gasteiger partial charge in [0.1, 0.15) is 0 Å². The van der Waals surface area contributed by atoms with Crippen molar-refractivity contribution in [1.29, 1.82) is 0 Å². The van der Waals surface area contributed by atoms with Crippen molar-refractivity contribution in [3.63, 3.8) is 0 Å². The van der Waals surface area contributed by atoms with Gasteiger partial charge in [-0.15, -0.1) is 0 Å². The van der Waals surface area contributed by atoms with Crippen LogP contribution in [0.25, 0.3) is 0 Å². The number of benzene rings is 1. The van der Waals surface area contributed by atoms with Crippen molar-refractivity contribution in [3.05, 3.63) is 48.0 Å². The summed E-state index contributed by atoms with van der Waals surface area (Å²) in [7, 11) is 0. The number of hydrogen-bond donors (Lipinski definition) is 1. The summed E-state index contributed by atoms with van der Waals surface area (Å²) in [5.74, 6) is -0.956.